The van der Waals surface area contributed by atoms with Gasteiger partial charge in [-0.1, -0.05) is 23.7 Å². The van der Waals surface area contributed by atoms with Crippen LogP contribution in [0.25, 0.3) is 0 Å². The number of carbonyl (C=O) groups excluding carboxylic acids is 1. The number of hydrogen-bond acceptors (Lipinski definition) is 3. The van der Waals surface area contributed by atoms with Gasteiger partial charge in [-0.05, 0) is 35.9 Å². The highest BCUT2D eigenvalue weighted by Gasteiger charge is 2.07. The topological polar surface area (TPSA) is 92.4 Å². The van der Waals surface area contributed by atoms with Crippen LogP contribution < -0.4 is 11.1 Å². The second-order valence-corrected chi connectivity index (χ2v) is 4.83. The van der Waals surface area contributed by atoms with Gasteiger partial charge in [0.05, 0.1) is 16.1 Å². The minimum absolute atomic E-state index is 0.233. The maximum absolute atomic E-state index is 11.1. The highest BCUT2D eigenvalue weighted by atomic mass is 35.5. The minimum Gasteiger partial charge on any atom is -0.478 e. The lowest BCUT2D eigenvalue weighted by Crippen LogP contribution is -2.11. The zero-order chi connectivity index (χ0) is 15.4. The van der Waals surface area contributed by atoms with E-state index in [4.69, 9.17) is 22.4 Å². The van der Waals surface area contributed by atoms with Gasteiger partial charge in [0.25, 0.3) is 0 Å². The van der Waals surface area contributed by atoms with E-state index in [-0.39, 0.29) is 16.1 Å². The Kier molecular flexibility index (Phi) is 4.45. The lowest BCUT2D eigenvalue weighted by molar-refractivity contribution is 0.0696. The molecule has 0 bridgehead atoms. The number of hydrogen-bond donors (Lipinski definition) is 3. The van der Waals surface area contributed by atoms with Crippen LogP contribution in [0, 0.1) is 0 Å². The summed E-state index contributed by atoms with van der Waals surface area (Å²) in [5, 5.41) is 12.3. The van der Waals surface area contributed by atoms with Gasteiger partial charge >= 0.3 is 5.97 Å². The van der Waals surface area contributed by atoms with Crippen LogP contribution in [0.1, 0.15) is 26.3 Å². The number of nitrogens with one attached hydrogen (secondary N) is 1. The lowest BCUT2D eigenvalue weighted by Gasteiger charge is -2.09. The molecule has 21 heavy (non-hydrogen) atoms. The van der Waals surface area contributed by atoms with Crippen LogP contribution in [-0.4, -0.2) is 17.0 Å². The Balaban J connectivity index is 2.10. The molecule has 0 spiro atoms. The SMILES string of the molecule is NC(=O)c1ccc(NCc2cccc(C(=O)O)c2)cc1Cl. The highest BCUT2D eigenvalue weighted by Crippen LogP contribution is 2.21. The summed E-state index contributed by atoms with van der Waals surface area (Å²) in [6.07, 6.45) is 0. The first-order chi connectivity index (χ1) is 9.97. The first-order valence-corrected chi connectivity index (χ1v) is 6.50. The first-order valence-electron chi connectivity index (χ1n) is 6.13. The van der Waals surface area contributed by atoms with Crippen molar-refractivity contribution in [3.05, 3.63) is 64.2 Å². The molecule has 2 rings (SSSR count). The van der Waals surface area contributed by atoms with Gasteiger partial charge in [0.1, 0.15) is 0 Å². The van der Waals surface area contributed by atoms with Crippen molar-refractivity contribution < 1.29 is 14.7 Å². The molecule has 0 saturated carbocycles. The van der Waals surface area contributed by atoms with E-state index in [1.807, 2.05) is 6.07 Å². The quantitative estimate of drug-likeness (QED) is 0.792. The fraction of sp³-hybridized carbons (Fsp3) is 0.0667. The molecule has 0 atom stereocenters. The second kappa shape index (κ2) is 6.28. The molecular weight excluding hydrogens is 292 g/mol. The summed E-state index contributed by atoms with van der Waals surface area (Å²) in [6.45, 7) is 0.438. The Bertz CT molecular complexity index is 701. The van der Waals surface area contributed by atoms with E-state index < -0.39 is 11.9 Å². The molecule has 0 aliphatic rings. The summed E-state index contributed by atoms with van der Waals surface area (Å²) < 4.78 is 0. The van der Waals surface area contributed by atoms with Crippen LogP contribution >= 0.6 is 11.6 Å². The van der Waals surface area contributed by atoms with Gasteiger partial charge in [-0.15, -0.1) is 0 Å². The summed E-state index contributed by atoms with van der Waals surface area (Å²) in [7, 11) is 0. The van der Waals surface area contributed by atoms with E-state index >= 15 is 0 Å². The number of anilines is 1. The Morgan fingerprint density at radius 2 is 1.95 bits per heavy atom. The van der Waals surface area contributed by atoms with Gasteiger partial charge in [-0.2, -0.15) is 0 Å². The number of rotatable bonds is 5. The van der Waals surface area contributed by atoms with Gasteiger partial charge < -0.3 is 16.2 Å². The molecule has 108 valence electrons. The standard InChI is InChI=1S/C15H13ClN2O3/c16-13-7-11(4-5-12(13)14(17)19)18-8-9-2-1-3-10(6-9)15(20)21/h1-7,18H,8H2,(H2,17,19)(H,20,21). The number of primary amides is 1. The number of aromatic carboxylic acids is 1. The lowest BCUT2D eigenvalue weighted by atomic mass is 10.1. The third-order valence-electron chi connectivity index (χ3n) is 2.91. The van der Waals surface area contributed by atoms with E-state index in [2.05, 4.69) is 5.32 Å². The van der Waals surface area contributed by atoms with Gasteiger partial charge in [0, 0.05) is 12.2 Å². The number of carbonyl (C=O) groups is 2. The van der Waals surface area contributed by atoms with Crippen LogP contribution in [0.3, 0.4) is 0 Å². The first kappa shape index (κ1) is 14.9. The summed E-state index contributed by atoms with van der Waals surface area (Å²) in [4.78, 5) is 22.0. The van der Waals surface area contributed by atoms with E-state index in [0.29, 0.717) is 12.2 Å². The summed E-state index contributed by atoms with van der Waals surface area (Å²) >= 11 is 5.95. The molecule has 0 aliphatic carbocycles. The molecular formula is C15H13ClN2O3. The third kappa shape index (κ3) is 3.73. The monoisotopic (exact) mass is 304 g/mol. The normalized spacial score (nSPS) is 10.1. The van der Waals surface area contributed by atoms with Crippen molar-refractivity contribution in [2.75, 3.05) is 5.32 Å². The van der Waals surface area contributed by atoms with Gasteiger partial charge in [0.15, 0.2) is 0 Å². The molecule has 2 aromatic carbocycles. The van der Waals surface area contributed by atoms with Crippen LogP contribution in [-0.2, 0) is 6.54 Å². The van der Waals surface area contributed by atoms with E-state index in [9.17, 15) is 9.59 Å². The molecule has 0 heterocycles. The summed E-state index contributed by atoms with van der Waals surface area (Å²) in [5.74, 6) is -1.55. The Labute approximate surface area is 126 Å². The molecule has 0 saturated heterocycles. The molecule has 6 heteroatoms. The van der Waals surface area contributed by atoms with Crippen molar-refractivity contribution in [1.29, 1.82) is 0 Å². The molecule has 0 aromatic heterocycles. The molecule has 0 aliphatic heterocycles. The van der Waals surface area contributed by atoms with E-state index in [1.165, 1.54) is 6.07 Å². The summed E-state index contributed by atoms with van der Waals surface area (Å²) in [6, 6.07) is 11.5. The van der Waals surface area contributed by atoms with Crippen molar-refractivity contribution in [3.63, 3.8) is 0 Å². The van der Waals surface area contributed by atoms with Crippen LogP contribution in [0.2, 0.25) is 5.02 Å². The number of halogens is 1. The number of carboxylic acids is 1. The predicted molar refractivity (Wildman–Crippen MR) is 80.7 cm³/mol. The minimum atomic E-state index is -0.967. The summed E-state index contributed by atoms with van der Waals surface area (Å²) in [5.41, 5.74) is 7.21. The molecule has 0 fully saturated rings. The number of nitrogens with two attached hydrogens (primary N) is 1. The van der Waals surface area contributed by atoms with Crippen LogP contribution in [0.15, 0.2) is 42.5 Å². The molecule has 2 aromatic rings. The van der Waals surface area contributed by atoms with Crippen LogP contribution in [0.4, 0.5) is 5.69 Å². The van der Waals surface area contributed by atoms with Crippen molar-refractivity contribution in [2.45, 2.75) is 6.54 Å². The highest BCUT2D eigenvalue weighted by molar-refractivity contribution is 6.34. The molecule has 5 nitrogen and oxygen atoms in total. The second-order valence-electron chi connectivity index (χ2n) is 4.42. The Morgan fingerprint density at radius 3 is 2.57 bits per heavy atom. The molecule has 4 N–H and O–H groups in total. The smallest absolute Gasteiger partial charge is 0.335 e. The molecule has 0 radical (unpaired) electrons. The maximum Gasteiger partial charge on any atom is 0.335 e. The number of carboxylic acid groups (broad SMARTS) is 1. The van der Waals surface area contributed by atoms with Crippen molar-refractivity contribution >= 4 is 29.2 Å². The fourth-order valence-corrected chi connectivity index (χ4v) is 2.12. The van der Waals surface area contributed by atoms with E-state index in [1.54, 1.807) is 30.3 Å². The largest absolute Gasteiger partial charge is 0.478 e. The van der Waals surface area contributed by atoms with Crippen molar-refractivity contribution in [2.24, 2.45) is 5.73 Å². The van der Waals surface area contributed by atoms with Crippen LogP contribution in [0.5, 0.6) is 0 Å². The van der Waals surface area contributed by atoms with Gasteiger partial charge in [0.2, 0.25) is 5.91 Å². The Morgan fingerprint density at radius 1 is 1.19 bits per heavy atom. The van der Waals surface area contributed by atoms with Gasteiger partial charge in [-0.25, -0.2) is 4.79 Å². The number of benzene rings is 2. The average molecular weight is 305 g/mol. The average Bonchev–Trinajstić information content (AvgIpc) is 2.45. The zero-order valence-corrected chi connectivity index (χ0v) is 11.7. The number of amides is 1. The van der Waals surface area contributed by atoms with Gasteiger partial charge in [-0.3, -0.25) is 4.79 Å². The Hall–Kier alpha value is -2.53. The maximum atomic E-state index is 11.1. The van der Waals surface area contributed by atoms with Crippen molar-refractivity contribution in [3.8, 4) is 0 Å². The zero-order valence-electron chi connectivity index (χ0n) is 11.0. The van der Waals surface area contributed by atoms with Crippen molar-refractivity contribution in [1.82, 2.24) is 0 Å². The molecule has 0 unspecified atom stereocenters. The van der Waals surface area contributed by atoms with E-state index in [0.717, 1.165) is 5.56 Å². The predicted octanol–water partition coefficient (Wildman–Crippen LogP) is 2.75. The fourth-order valence-electron chi connectivity index (χ4n) is 1.84. The third-order valence-corrected chi connectivity index (χ3v) is 3.22. The molecule has 1 amide bonds.